The number of nitrogens with one attached hydrogen (secondary N) is 1. The van der Waals surface area contributed by atoms with Crippen molar-refractivity contribution in [2.75, 3.05) is 5.32 Å². The number of carbonyl (C=O) groups is 1. The zero-order valence-corrected chi connectivity index (χ0v) is 14.0. The summed E-state index contributed by atoms with van der Waals surface area (Å²) in [5.74, 6) is 0.752. The van der Waals surface area contributed by atoms with E-state index in [9.17, 15) is 4.79 Å². The van der Waals surface area contributed by atoms with Crippen LogP contribution in [0.3, 0.4) is 0 Å². The van der Waals surface area contributed by atoms with Crippen molar-refractivity contribution < 1.29 is 9.53 Å². The van der Waals surface area contributed by atoms with Gasteiger partial charge in [-0.25, -0.2) is 4.79 Å². The van der Waals surface area contributed by atoms with Gasteiger partial charge in [-0.2, -0.15) is 0 Å². The number of hydrogen-bond donors (Lipinski definition) is 1. The third kappa shape index (κ3) is 4.01. The molecule has 3 nitrogen and oxygen atoms in total. The molecule has 1 N–H and O–H groups in total. The Hall–Kier alpha value is -2.00. The van der Waals surface area contributed by atoms with Gasteiger partial charge in [0.1, 0.15) is 5.75 Å². The summed E-state index contributed by atoms with van der Waals surface area (Å²) < 4.78 is 5.47. The van der Waals surface area contributed by atoms with Crippen LogP contribution in [0.4, 0.5) is 10.5 Å². The number of ether oxygens (including phenoxy) is 1. The molecule has 0 bridgehead atoms. The minimum Gasteiger partial charge on any atom is -0.410 e. The third-order valence-electron chi connectivity index (χ3n) is 3.41. The van der Waals surface area contributed by atoms with E-state index < -0.39 is 6.09 Å². The van der Waals surface area contributed by atoms with E-state index in [2.05, 4.69) is 5.32 Å². The molecule has 0 fully saturated rings. The highest BCUT2D eigenvalue weighted by Gasteiger charge is 2.14. The maximum absolute atomic E-state index is 12.1. The Bertz CT molecular complexity index is 678. The van der Waals surface area contributed by atoms with Crippen LogP contribution in [0.2, 0.25) is 5.02 Å². The predicted molar refractivity (Wildman–Crippen MR) is 91.1 cm³/mol. The number of benzene rings is 2. The normalized spacial score (nSPS) is 10.6. The van der Waals surface area contributed by atoms with E-state index in [0.717, 1.165) is 16.7 Å². The fourth-order valence-electron chi connectivity index (χ4n) is 2.09. The molecule has 1 amide bonds. The van der Waals surface area contributed by atoms with Crippen molar-refractivity contribution >= 4 is 23.4 Å². The topological polar surface area (TPSA) is 38.3 Å². The first-order valence-electron chi connectivity index (χ1n) is 7.22. The molecule has 0 atom stereocenters. The molecular weight excluding hydrogens is 298 g/mol. The molecule has 22 heavy (non-hydrogen) atoms. The molecule has 2 aromatic rings. The molecule has 0 aliphatic carbocycles. The molecule has 0 aliphatic heterocycles. The Morgan fingerprint density at radius 3 is 2.36 bits per heavy atom. The van der Waals surface area contributed by atoms with Gasteiger partial charge in [0.25, 0.3) is 0 Å². The van der Waals surface area contributed by atoms with Crippen molar-refractivity contribution in [2.24, 2.45) is 0 Å². The Morgan fingerprint density at radius 1 is 1.14 bits per heavy atom. The third-order valence-corrected chi connectivity index (χ3v) is 3.82. The largest absolute Gasteiger partial charge is 0.417 e. The molecule has 0 unspecified atom stereocenters. The summed E-state index contributed by atoms with van der Waals surface area (Å²) in [5, 5.41) is 3.40. The van der Waals surface area contributed by atoms with Gasteiger partial charge in [-0.1, -0.05) is 43.1 Å². The lowest BCUT2D eigenvalue weighted by Crippen LogP contribution is -2.17. The monoisotopic (exact) mass is 317 g/mol. The van der Waals surface area contributed by atoms with Gasteiger partial charge in [-0.3, -0.25) is 5.32 Å². The van der Waals surface area contributed by atoms with Crippen LogP contribution >= 0.6 is 11.6 Å². The minimum absolute atomic E-state index is 0.209. The van der Waals surface area contributed by atoms with Crippen LogP contribution in [0.5, 0.6) is 5.75 Å². The molecule has 2 aromatic carbocycles. The highest BCUT2D eigenvalue weighted by atomic mass is 35.5. The van der Waals surface area contributed by atoms with Crippen molar-refractivity contribution in [3.63, 3.8) is 0 Å². The Balaban J connectivity index is 2.17. The molecule has 0 aromatic heterocycles. The van der Waals surface area contributed by atoms with Crippen molar-refractivity contribution in [2.45, 2.75) is 33.6 Å². The zero-order valence-electron chi connectivity index (χ0n) is 13.2. The van der Waals surface area contributed by atoms with Gasteiger partial charge in [0.2, 0.25) is 0 Å². The van der Waals surface area contributed by atoms with E-state index in [-0.39, 0.29) is 5.92 Å². The molecule has 0 saturated heterocycles. The number of rotatable bonds is 3. The molecule has 0 saturated carbocycles. The zero-order chi connectivity index (χ0) is 16.3. The van der Waals surface area contributed by atoms with E-state index in [1.165, 1.54) is 0 Å². The summed E-state index contributed by atoms with van der Waals surface area (Å²) in [4.78, 5) is 12.1. The highest BCUT2D eigenvalue weighted by molar-refractivity contribution is 6.31. The molecule has 116 valence electrons. The Kier molecular flexibility index (Phi) is 5.09. The van der Waals surface area contributed by atoms with Gasteiger partial charge >= 0.3 is 6.09 Å². The second-order valence-corrected chi connectivity index (χ2v) is 6.08. The average molecular weight is 318 g/mol. The molecule has 0 aliphatic rings. The van der Waals surface area contributed by atoms with Crippen LogP contribution in [0.1, 0.15) is 36.5 Å². The molecule has 0 spiro atoms. The number of halogens is 1. The number of carbonyl (C=O) groups excluding carboxylic acids is 1. The van der Waals surface area contributed by atoms with Crippen molar-refractivity contribution in [3.05, 3.63) is 58.1 Å². The van der Waals surface area contributed by atoms with E-state index in [4.69, 9.17) is 16.3 Å². The van der Waals surface area contributed by atoms with Gasteiger partial charge in [0.15, 0.2) is 0 Å². The van der Waals surface area contributed by atoms with Crippen LogP contribution in [-0.4, -0.2) is 6.09 Å². The highest BCUT2D eigenvalue weighted by Crippen LogP contribution is 2.32. The first-order chi connectivity index (χ1) is 10.4. The van der Waals surface area contributed by atoms with Gasteiger partial charge in [0.05, 0.1) is 0 Å². The van der Waals surface area contributed by atoms with E-state index >= 15 is 0 Å². The van der Waals surface area contributed by atoms with Crippen LogP contribution < -0.4 is 10.1 Å². The SMILES string of the molecule is Cc1ccc(NC(=O)Oc2cc(C)c(Cl)cc2C(C)C)cc1. The van der Waals surface area contributed by atoms with Crippen molar-refractivity contribution in [3.8, 4) is 5.75 Å². The standard InChI is InChI=1S/C18H20ClNO2/c1-11(2)15-10-16(19)13(4)9-17(15)22-18(21)20-14-7-5-12(3)6-8-14/h5-11H,1-4H3,(H,20,21). The van der Waals surface area contributed by atoms with E-state index in [0.29, 0.717) is 16.5 Å². The minimum atomic E-state index is -0.507. The number of aryl methyl sites for hydroxylation is 2. The number of anilines is 1. The van der Waals surface area contributed by atoms with Crippen LogP contribution in [0.25, 0.3) is 0 Å². The van der Waals surface area contributed by atoms with Gasteiger partial charge < -0.3 is 4.74 Å². The second-order valence-electron chi connectivity index (χ2n) is 5.67. The Labute approximate surface area is 136 Å². The number of hydrogen-bond acceptors (Lipinski definition) is 2. The summed E-state index contributed by atoms with van der Waals surface area (Å²) in [6.45, 7) is 7.95. The maximum Gasteiger partial charge on any atom is 0.417 e. The van der Waals surface area contributed by atoms with Crippen LogP contribution in [0.15, 0.2) is 36.4 Å². The summed E-state index contributed by atoms with van der Waals surface area (Å²) in [6, 6.07) is 11.2. The van der Waals surface area contributed by atoms with Gasteiger partial charge in [0, 0.05) is 10.7 Å². The van der Waals surface area contributed by atoms with Crippen LogP contribution in [-0.2, 0) is 0 Å². The van der Waals surface area contributed by atoms with Crippen LogP contribution in [0, 0.1) is 13.8 Å². The fourth-order valence-corrected chi connectivity index (χ4v) is 2.26. The molecule has 0 heterocycles. The number of amides is 1. The Morgan fingerprint density at radius 2 is 1.77 bits per heavy atom. The quantitative estimate of drug-likeness (QED) is 0.789. The lowest BCUT2D eigenvalue weighted by atomic mass is 10.0. The summed E-state index contributed by atoms with van der Waals surface area (Å²) in [7, 11) is 0. The van der Waals surface area contributed by atoms with Crippen molar-refractivity contribution in [1.82, 2.24) is 0 Å². The predicted octanol–water partition coefficient (Wildman–Crippen LogP) is 5.69. The summed E-state index contributed by atoms with van der Waals surface area (Å²) >= 11 is 6.15. The molecular formula is C18H20ClNO2. The molecule has 0 radical (unpaired) electrons. The first kappa shape index (κ1) is 16.4. The van der Waals surface area contributed by atoms with Gasteiger partial charge in [-0.15, -0.1) is 0 Å². The van der Waals surface area contributed by atoms with Crippen molar-refractivity contribution in [1.29, 1.82) is 0 Å². The summed E-state index contributed by atoms with van der Waals surface area (Å²) in [6.07, 6.45) is -0.507. The molecule has 4 heteroatoms. The first-order valence-corrected chi connectivity index (χ1v) is 7.60. The van der Waals surface area contributed by atoms with E-state index in [1.807, 2.05) is 58.0 Å². The fraction of sp³-hybridized carbons (Fsp3) is 0.278. The lowest BCUT2D eigenvalue weighted by Gasteiger charge is -2.15. The van der Waals surface area contributed by atoms with E-state index in [1.54, 1.807) is 6.07 Å². The maximum atomic E-state index is 12.1. The second kappa shape index (κ2) is 6.84. The summed E-state index contributed by atoms with van der Waals surface area (Å²) in [5.41, 5.74) is 3.63. The molecule has 2 rings (SSSR count). The van der Waals surface area contributed by atoms with Gasteiger partial charge in [-0.05, 0) is 55.2 Å². The average Bonchev–Trinajstić information content (AvgIpc) is 2.44. The lowest BCUT2D eigenvalue weighted by molar-refractivity contribution is 0.214. The smallest absolute Gasteiger partial charge is 0.410 e.